The molecule has 136 valence electrons. The maximum atomic E-state index is 9.60. The Morgan fingerprint density at radius 1 is 1.17 bits per heavy atom. The van der Waals surface area contributed by atoms with Gasteiger partial charge in [-0.2, -0.15) is 0 Å². The molecule has 1 N–H and O–H groups in total. The molecule has 0 aromatic carbocycles. The van der Waals surface area contributed by atoms with Gasteiger partial charge in [0.25, 0.3) is 0 Å². The smallest absolute Gasteiger partial charge is 0.116 e. The minimum atomic E-state index is -2.95. The molecule has 0 amide bonds. The largest absolute Gasteiger partial charge is 0.396 e. The van der Waals surface area contributed by atoms with Gasteiger partial charge in [-0.1, -0.05) is 34.0 Å². The van der Waals surface area contributed by atoms with Gasteiger partial charge in [-0.3, -0.25) is 0 Å². The van der Waals surface area contributed by atoms with E-state index in [1.807, 2.05) is 0 Å². The fourth-order valence-electron chi connectivity index (χ4n) is 4.23. The molecular formula is C17H34O4P2. The van der Waals surface area contributed by atoms with E-state index in [9.17, 15) is 5.11 Å². The first-order chi connectivity index (χ1) is 11.7. The van der Waals surface area contributed by atoms with Crippen LogP contribution in [0, 0.1) is 35.5 Å². The van der Waals surface area contributed by atoms with Crippen LogP contribution in [0.3, 0.4) is 0 Å². The van der Waals surface area contributed by atoms with Crippen molar-refractivity contribution < 1.29 is 18.7 Å². The van der Waals surface area contributed by atoms with E-state index >= 15 is 0 Å². The SMILES string of the molecule is [3H]POC1C(COP([3H])(=C)OC2C(CO)CC(C)C2C)CC(C)C1C. The van der Waals surface area contributed by atoms with Crippen LogP contribution in [0.15, 0.2) is 0 Å². The maximum absolute atomic E-state index is 9.60. The van der Waals surface area contributed by atoms with Gasteiger partial charge in [0.1, 0.15) is 9.22 Å². The molecule has 6 heteroatoms. The fourth-order valence-corrected chi connectivity index (χ4v) is 5.69. The van der Waals surface area contributed by atoms with Crippen molar-refractivity contribution in [1.82, 2.24) is 0 Å². The van der Waals surface area contributed by atoms with Gasteiger partial charge < -0.3 is 18.7 Å². The molecule has 0 aromatic heterocycles. The molecule has 2 aliphatic rings. The summed E-state index contributed by atoms with van der Waals surface area (Å²) in [6.07, 6.45) is 5.66. The van der Waals surface area contributed by atoms with Gasteiger partial charge >= 0.3 is 0 Å². The minimum absolute atomic E-state index is 0.0152. The summed E-state index contributed by atoms with van der Waals surface area (Å²) in [4.78, 5) is 0. The monoisotopic (exact) mass is 368 g/mol. The molecule has 4 nitrogen and oxygen atoms in total. The van der Waals surface area contributed by atoms with Crippen LogP contribution in [0.4, 0.5) is 0 Å². The van der Waals surface area contributed by atoms with Gasteiger partial charge in [-0.25, -0.2) is 0 Å². The zero-order valence-electron chi connectivity index (χ0n) is 16.8. The highest BCUT2D eigenvalue weighted by Crippen LogP contribution is 2.44. The molecule has 2 fully saturated rings. The van der Waals surface area contributed by atoms with Crippen LogP contribution in [0.2, 0.25) is 0 Å². The molecule has 0 radical (unpaired) electrons. The molecule has 0 aromatic rings. The first-order valence-electron chi connectivity index (χ1n) is 9.67. The molecule has 0 heterocycles. The van der Waals surface area contributed by atoms with Gasteiger partial charge in [0, 0.05) is 27.9 Å². The molecule has 0 bridgehead atoms. The molecule has 0 saturated heterocycles. The summed E-state index contributed by atoms with van der Waals surface area (Å²) in [7, 11) is -3.23. The van der Waals surface area contributed by atoms with Crippen molar-refractivity contribution in [3.8, 4) is 0 Å². The number of aliphatic hydroxyl groups is 1. The molecule has 23 heavy (non-hydrogen) atoms. The van der Waals surface area contributed by atoms with E-state index in [0.717, 1.165) is 12.8 Å². The standard InChI is InChI=1S/C17H34O4P2/c1-10-6-14(8-18)17(13(10)4)21-23(5)19-9-15-7-11(2)12(3)16(15)20-22/h10-18,23H,5-9,22H2,1-4H3/i22T,23T. The Labute approximate surface area is 147 Å². The van der Waals surface area contributed by atoms with Crippen molar-refractivity contribution in [2.24, 2.45) is 35.5 Å². The second-order valence-electron chi connectivity index (χ2n) is 7.63. The molecular weight excluding hydrogens is 330 g/mol. The molecule has 0 aliphatic heterocycles. The summed E-state index contributed by atoms with van der Waals surface area (Å²) in [6, 6.07) is 0. The van der Waals surface area contributed by atoms with Crippen LogP contribution in [0.5, 0.6) is 0 Å². The lowest BCUT2D eigenvalue weighted by Crippen LogP contribution is -2.26. The zero-order chi connectivity index (χ0) is 18.8. The Morgan fingerprint density at radius 3 is 2.39 bits per heavy atom. The predicted molar refractivity (Wildman–Crippen MR) is 101 cm³/mol. The molecule has 10 atom stereocenters. The lowest BCUT2D eigenvalue weighted by molar-refractivity contribution is 0.0723. The van der Waals surface area contributed by atoms with E-state index in [4.69, 9.17) is 16.1 Å². The van der Waals surface area contributed by atoms with Crippen molar-refractivity contribution in [2.75, 3.05) is 13.2 Å². The number of rotatable bonds is 8. The second kappa shape index (κ2) is 8.79. The first kappa shape index (κ1) is 17.0. The summed E-state index contributed by atoms with van der Waals surface area (Å²) < 4.78 is 33.3. The third-order valence-corrected chi connectivity index (χ3v) is 7.34. The van der Waals surface area contributed by atoms with Crippen LogP contribution >= 0.6 is 17.4 Å². The fraction of sp³-hybridized carbons (Fsp3) is 0.941. The van der Waals surface area contributed by atoms with Crippen molar-refractivity contribution in [2.45, 2.75) is 52.7 Å². The Hall–Kier alpha value is 0.570. The molecule has 10 unspecified atom stereocenters. The quantitative estimate of drug-likeness (QED) is 0.665. The molecule has 2 saturated carbocycles. The highest BCUT2D eigenvalue weighted by Gasteiger charge is 2.40. The van der Waals surface area contributed by atoms with Gasteiger partial charge in [0.2, 0.25) is 0 Å². The predicted octanol–water partition coefficient (Wildman–Crippen LogP) is 3.62. The zero-order valence-corrected chi connectivity index (χ0v) is 16.7. The Bertz CT molecular complexity index is 482. The molecule has 2 rings (SSSR count). The average Bonchev–Trinajstić information content (AvgIpc) is 2.98. The summed E-state index contributed by atoms with van der Waals surface area (Å²) >= 11 is 0. The lowest BCUT2D eigenvalue weighted by Gasteiger charge is -2.26. The van der Waals surface area contributed by atoms with Gasteiger partial charge in [0.15, 0.2) is 0 Å². The molecule has 0 spiro atoms. The third-order valence-electron chi connectivity index (χ3n) is 6.15. The van der Waals surface area contributed by atoms with Gasteiger partial charge in [-0.05, 0) is 36.5 Å². The van der Waals surface area contributed by atoms with E-state index in [0.29, 0.717) is 30.3 Å². The van der Waals surface area contributed by atoms with E-state index in [1.54, 1.807) is 0 Å². The van der Waals surface area contributed by atoms with Crippen LogP contribution in [-0.2, 0) is 13.6 Å². The van der Waals surface area contributed by atoms with Crippen LogP contribution < -0.4 is 0 Å². The van der Waals surface area contributed by atoms with Crippen LogP contribution in [0.1, 0.15) is 40.5 Å². The van der Waals surface area contributed by atoms with Gasteiger partial charge in [0.05, 0.1) is 20.1 Å². The highest BCUT2D eigenvalue weighted by atomic mass is 31.1. The summed E-state index contributed by atoms with van der Waals surface area (Å²) in [5.74, 6) is 1.92. The maximum Gasteiger partial charge on any atom is 0.116 e. The Balaban J connectivity index is 1.93. The molecule has 2 aliphatic carbocycles. The summed E-state index contributed by atoms with van der Waals surface area (Å²) in [5.41, 5.74) is 0. The summed E-state index contributed by atoms with van der Waals surface area (Å²) in [5, 5.41) is 9.60. The number of hydrogen-bond acceptors (Lipinski definition) is 4. The highest BCUT2D eigenvalue weighted by molar-refractivity contribution is 7.45. The Kier molecular flexibility index (Phi) is 6.50. The van der Waals surface area contributed by atoms with Crippen molar-refractivity contribution in [3.63, 3.8) is 0 Å². The van der Waals surface area contributed by atoms with E-state index in [-0.39, 0.29) is 40.1 Å². The van der Waals surface area contributed by atoms with Crippen molar-refractivity contribution in [1.29, 1.82) is 2.56 Å². The number of hydrogen-bond donors (Lipinski definition) is 1. The average molecular weight is 368 g/mol. The lowest BCUT2D eigenvalue weighted by atomic mass is 9.99. The minimum Gasteiger partial charge on any atom is -0.396 e. The first-order valence-corrected chi connectivity index (χ1v) is 10.5. The summed E-state index contributed by atoms with van der Waals surface area (Å²) in [6.45, 7) is 9.11. The van der Waals surface area contributed by atoms with Crippen LogP contribution in [-0.4, -0.2) is 39.4 Å². The Morgan fingerprint density at radius 2 is 1.78 bits per heavy atom. The van der Waals surface area contributed by atoms with Gasteiger partial charge in [-0.15, -0.1) is 0 Å². The van der Waals surface area contributed by atoms with E-state index < -0.39 is 7.94 Å². The van der Waals surface area contributed by atoms with Crippen LogP contribution in [0.25, 0.3) is 0 Å². The van der Waals surface area contributed by atoms with E-state index in [2.05, 4.69) is 34.0 Å². The van der Waals surface area contributed by atoms with Crippen molar-refractivity contribution in [3.05, 3.63) is 0 Å². The van der Waals surface area contributed by atoms with E-state index in [1.165, 1.54) is 0 Å². The van der Waals surface area contributed by atoms with Crippen molar-refractivity contribution >= 4 is 23.7 Å². The normalized spacial score (nSPS) is 48.6. The topological polar surface area (TPSA) is 47.9 Å². The number of aliphatic hydroxyl groups excluding tert-OH is 1. The second-order valence-corrected chi connectivity index (χ2v) is 9.00. The third kappa shape index (κ3) is 4.60.